The number of aryl methyl sites for hydroxylation is 1. The molecule has 0 saturated heterocycles. The number of nitrogens with one attached hydrogen (secondary N) is 1. The maximum atomic E-state index is 12.4. The molecule has 0 aliphatic rings. The predicted octanol–water partition coefficient (Wildman–Crippen LogP) is 5.49. The van der Waals surface area contributed by atoms with Gasteiger partial charge in [0.1, 0.15) is 0 Å². The lowest BCUT2D eigenvalue weighted by atomic mass is 9.96. The summed E-state index contributed by atoms with van der Waals surface area (Å²) >= 11 is 11.8. The number of hydrogen-bond acceptors (Lipinski definition) is 4. The molecule has 28 heavy (non-hydrogen) atoms. The highest BCUT2D eigenvalue weighted by molar-refractivity contribution is 6.30. The third-order valence-corrected chi connectivity index (χ3v) is 4.85. The van der Waals surface area contributed by atoms with Crippen LogP contribution < -0.4 is 5.32 Å². The van der Waals surface area contributed by atoms with E-state index in [2.05, 4.69) is 29.3 Å². The average Bonchev–Trinajstić information content (AvgIpc) is 3.15. The second-order valence-corrected chi connectivity index (χ2v) is 7.73. The monoisotopic (exact) mass is 417 g/mol. The van der Waals surface area contributed by atoms with Gasteiger partial charge in [0.15, 0.2) is 0 Å². The van der Waals surface area contributed by atoms with Crippen LogP contribution in [0, 0.1) is 5.92 Å². The molecule has 5 nitrogen and oxygen atoms in total. The zero-order valence-electron chi connectivity index (χ0n) is 15.7. The lowest BCUT2D eigenvalue weighted by Crippen LogP contribution is -2.31. The Hall–Kier alpha value is -2.37. The molecule has 0 saturated carbocycles. The zero-order chi connectivity index (χ0) is 20.1. The number of carbonyl (C=O) groups excluding carboxylic acids is 1. The smallest absolute Gasteiger partial charge is 0.227 e. The van der Waals surface area contributed by atoms with Crippen LogP contribution in [0.1, 0.15) is 37.8 Å². The normalized spacial score (nSPS) is 12.2. The Morgan fingerprint density at radius 1 is 1.04 bits per heavy atom. The van der Waals surface area contributed by atoms with Crippen LogP contribution in [0.15, 0.2) is 53.1 Å². The van der Waals surface area contributed by atoms with Crippen LogP contribution in [0.3, 0.4) is 0 Å². The van der Waals surface area contributed by atoms with E-state index in [0.717, 1.165) is 11.1 Å². The van der Waals surface area contributed by atoms with E-state index in [0.29, 0.717) is 28.2 Å². The van der Waals surface area contributed by atoms with Crippen molar-refractivity contribution in [1.82, 2.24) is 15.5 Å². The van der Waals surface area contributed by atoms with Gasteiger partial charge in [-0.3, -0.25) is 4.79 Å². The summed E-state index contributed by atoms with van der Waals surface area (Å²) in [4.78, 5) is 16.8. The Morgan fingerprint density at radius 2 is 1.64 bits per heavy atom. The summed E-state index contributed by atoms with van der Waals surface area (Å²) < 4.78 is 5.26. The van der Waals surface area contributed by atoms with Gasteiger partial charge < -0.3 is 9.84 Å². The van der Waals surface area contributed by atoms with Gasteiger partial charge in [0, 0.05) is 28.5 Å². The minimum atomic E-state index is -0.0860. The van der Waals surface area contributed by atoms with Gasteiger partial charge in [-0.2, -0.15) is 4.98 Å². The van der Waals surface area contributed by atoms with E-state index < -0.39 is 0 Å². The topological polar surface area (TPSA) is 68.0 Å². The fraction of sp³-hybridized carbons (Fsp3) is 0.286. The minimum Gasteiger partial charge on any atom is -0.349 e. The second kappa shape index (κ2) is 9.22. The SMILES string of the molecule is CC(C)C(NC(=O)CCc1nc(-c2ccc(Cl)cc2)no1)c1ccc(Cl)cc1. The van der Waals surface area contributed by atoms with E-state index in [1.54, 1.807) is 12.1 Å². The van der Waals surface area contributed by atoms with Crippen molar-refractivity contribution in [3.05, 3.63) is 70.0 Å². The summed E-state index contributed by atoms with van der Waals surface area (Å²) in [5, 5.41) is 8.36. The third kappa shape index (κ3) is 5.33. The first-order valence-electron chi connectivity index (χ1n) is 9.05. The van der Waals surface area contributed by atoms with Gasteiger partial charge in [0.05, 0.1) is 6.04 Å². The molecule has 3 aromatic rings. The number of hydrogen-bond donors (Lipinski definition) is 1. The Kier molecular flexibility index (Phi) is 6.70. The molecule has 7 heteroatoms. The highest BCUT2D eigenvalue weighted by Gasteiger charge is 2.19. The zero-order valence-corrected chi connectivity index (χ0v) is 17.2. The largest absolute Gasteiger partial charge is 0.349 e. The van der Waals surface area contributed by atoms with Gasteiger partial charge in [-0.05, 0) is 47.9 Å². The summed E-state index contributed by atoms with van der Waals surface area (Å²) in [5.74, 6) is 1.07. The van der Waals surface area contributed by atoms with Crippen molar-refractivity contribution >= 4 is 29.1 Å². The Morgan fingerprint density at radius 3 is 2.25 bits per heavy atom. The summed E-state index contributed by atoms with van der Waals surface area (Å²) in [6.07, 6.45) is 0.636. The molecule has 0 fully saturated rings. The summed E-state index contributed by atoms with van der Waals surface area (Å²) in [5.41, 5.74) is 1.84. The van der Waals surface area contributed by atoms with Crippen LogP contribution in [-0.4, -0.2) is 16.0 Å². The number of rotatable bonds is 7. The number of benzene rings is 2. The molecule has 1 amide bonds. The number of nitrogens with zero attached hydrogens (tertiary/aromatic N) is 2. The first-order chi connectivity index (χ1) is 13.4. The van der Waals surface area contributed by atoms with Gasteiger partial charge in [-0.25, -0.2) is 0 Å². The van der Waals surface area contributed by atoms with E-state index in [1.165, 1.54) is 0 Å². The first kappa shape index (κ1) is 20.4. The molecule has 0 radical (unpaired) electrons. The third-order valence-electron chi connectivity index (χ3n) is 4.35. The van der Waals surface area contributed by atoms with Gasteiger partial charge in [-0.15, -0.1) is 0 Å². The molecule has 0 aliphatic heterocycles. The maximum absolute atomic E-state index is 12.4. The summed E-state index contributed by atoms with van der Waals surface area (Å²) in [7, 11) is 0. The molecule has 1 heterocycles. The quantitative estimate of drug-likeness (QED) is 0.551. The first-order valence-corrected chi connectivity index (χ1v) is 9.81. The standard InChI is InChI=1S/C21H21Cl2N3O2/c1-13(2)20(14-3-7-16(22)8-4-14)24-18(27)11-12-19-25-21(26-28-19)15-5-9-17(23)10-6-15/h3-10,13,20H,11-12H2,1-2H3,(H,24,27). The molecule has 1 N–H and O–H groups in total. The van der Waals surface area contributed by atoms with E-state index in [4.69, 9.17) is 27.7 Å². The molecule has 146 valence electrons. The highest BCUT2D eigenvalue weighted by Crippen LogP contribution is 2.24. The maximum Gasteiger partial charge on any atom is 0.227 e. The van der Waals surface area contributed by atoms with Gasteiger partial charge in [0.2, 0.25) is 17.6 Å². The predicted molar refractivity (Wildman–Crippen MR) is 110 cm³/mol. The number of amides is 1. The lowest BCUT2D eigenvalue weighted by molar-refractivity contribution is -0.122. The minimum absolute atomic E-state index is 0.0695. The van der Waals surface area contributed by atoms with Crippen LogP contribution >= 0.6 is 23.2 Å². The summed E-state index contributed by atoms with van der Waals surface area (Å²) in [6.45, 7) is 4.13. The number of halogens is 2. The van der Waals surface area contributed by atoms with E-state index >= 15 is 0 Å². The molecule has 0 aliphatic carbocycles. The van der Waals surface area contributed by atoms with Crippen molar-refractivity contribution < 1.29 is 9.32 Å². The molecular formula is C21H21Cl2N3O2. The molecule has 1 atom stereocenters. The van der Waals surface area contributed by atoms with Crippen molar-refractivity contribution in [3.63, 3.8) is 0 Å². The van der Waals surface area contributed by atoms with E-state index in [-0.39, 0.29) is 24.3 Å². The van der Waals surface area contributed by atoms with Gasteiger partial charge >= 0.3 is 0 Å². The van der Waals surface area contributed by atoms with E-state index in [9.17, 15) is 4.79 Å². The molecule has 2 aromatic carbocycles. The lowest BCUT2D eigenvalue weighted by Gasteiger charge is -2.23. The van der Waals surface area contributed by atoms with Crippen LogP contribution in [0.4, 0.5) is 0 Å². The highest BCUT2D eigenvalue weighted by atomic mass is 35.5. The Balaban J connectivity index is 1.59. The van der Waals surface area contributed by atoms with E-state index in [1.807, 2.05) is 36.4 Å². The van der Waals surface area contributed by atoms with Crippen LogP contribution in [0.25, 0.3) is 11.4 Å². The van der Waals surface area contributed by atoms with Crippen molar-refractivity contribution in [3.8, 4) is 11.4 Å². The Labute approximate surface area is 174 Å². The van der Waals surface area contributed by atoms with Crippen LogP contribution in [-0.2, 0) is 11.2 Å². The fourth-order valence-corrected chi connectivity index (χ4v) is 3.10. The van der Waals surface area contributed by atoms with Crippen LogP contribution in [0.2, 0.25) is 10.0 Å². The molecule has 3 rings (SSSR count). The molecule has 1 aromatic heterocycles. The fourth-order valence-electron chi connectivity index (χ4n) is 2.84. The molecule has 0 bridgehead atoms. The number of aromatic nitrogens is 2. The van der Waals surface area contributed by atoms with Crippen molar-refractivity contribution in [2.75, 3.05) is 0 Å². The van der Waals surface area contributed by atoms with Crippen molar-refractivity contribution in [2.45, 2.75) is 32.7 Å². The van der Waals surface area contributed by atoms with Gasteiger partial charge in [0.25, 0.3) is 0 Å². The Bertz CT molecular complexity index is 922. The van der Waals surface area contributed by atoms with Crippen LogP contribution in [0.5, 0.6) is 0 Å². The van der Waals surface area contributed by atoms with Gasteiger partial charge in [-0.1, -0.05) is 54.3 Å². The van der Waals surface area contributed by atoms with Crippen molar-refractivity contribution in [1.29, 1.82) is 0 Å². The molecular weight excluding hydrogens is 397 g/mol. The second-order valence-electron chi connectivity index (χ2n) is 6.86. The average molecular weight is 418 g/mol. The molecule has 0 spiro atoms. The summed E-state index contributed by atoms with van der Waals surface area (Å²) in [6, 6.07) is 14.6. The molecule has 1 unspecified atom stereocenters. The van der Waals surface area contributed by atoms with Crippen molar-refractivity contribution in [2.24, 2.45) is 5.92 Å². The number of carbonyl (C=O) groups is 1.